The largest absolute Gasteiger partial charge is 0.454 e. The molecule has 0 radical (unpaired) electrons. The van der Waals surface area contributed by atoms with Crippen molar-refractivity contribution in [3.05, 3.63) is 53.1 Å². The fourth-order valence-corrected chi connectivity index (χ4v) is 3.45. The van der Waals surface area contributed by atoms with Gasteiger partial charge in [0, 0.05) is 17.6 Å². The third kappa shape index (κ3) is 4.52. The van der Waals surface area contributed by atoms with Crippen LogP contribution in [0, 0.1) is 0 Å². The van der Waals surface area contributed by atoms with Gasteiger partial charge in [-0.05, 0) is 48.0 Å². The lowest BCUT2D eigenvalue weighted by molar-refractivity contribution is -0.118. The molecule has 0 unspecified atom stereocenters. The third-order valence-corrected chi connectivity index (χ3v) is 5.34. The number of thioether (sulfide) groups is 1. The minimum absolute atomic E-state index is 0.158. The van der Waals surface area contributed by atoms with Crippen LogP contribution < -0.4 is 14.9 Å². The molecule has 0 saturated heterocycles. The fraction of sp³-hybridized carbons (Fsp3) is 0.158. The van der Waals surface area contributed by atoms with Gasteiger partial charge < -0.3 is 14.0 Å². The van der Waals surface area contributed by atoms with Crippen molar-refractivity contribution in [2.24, 2.45) is 12.1 Å². The number of carbonyl (C=O) groups is 1. The maximum absolute atomic E-state index is 12.1. The lowest BCUT2D eigenvalue weighted by Crippen LogP contribution is -2.19. The Kier molecular flexibility index (Phi) is 5.68. The zero-order valence-electron chi connectivity index (χ0n) is 15.3. The molecule has 1 amide bonds. The predicted molar refractivity (Wildman–Crippen MR) is 110 cm³/mol. The van der Waals surface area contributed by atoms with Crippen molar-refractivity contribution in [2.45, 2.75) is 5.16 Å². The van der Waals surface area contributed by atoms with Crippen LogP contribution in [0.3, 0.4) is 0 Å². The van der Waals surface area contributed by atoms with E-state index in [1.165, 1.54) is 11.8 Å². The Morgan fingerprint density at radius 3 is 2.86 bits per heavy atom. The summed E-state index contributed by atoms with van der Waals surface area (Å²) >= 11 is 7.20. The molecule has 0 spiro atoms. The van der Waals surface area contributed by atoms with Crippen LogP contribution >= 0.6 is 23.4 Å². The summed E-state index contributed by atoms with van der Waals surface area (Å²) < 4.78 is 12.4. The molecule has 29 heavy (non-hydrogen) atoms. The lowest BCUT2D eigenvalue weighted by Gasteiger charge is -2.04. The van der Waals surface area contributed by atoms with Crippen LogP contribution in [0.1, 0.15) is 5.56 Å². The molecule has 8 nitrogen and oxygen atoms in total. The van der Waals surface area contributed by atoms with Gasteiger partial charge in [0.15, 0.2) is 22.5 Å². The van der Waals surface area contributed by atoms with Crippen molar-refractivity contribution < 1.29 is 14.3 Å². The molecule has 1 aliphatic heterocycles. The maximum Gasteiger partial charge on any atom is 0.250 e. The molecule has 3 aromatic rings. The number of rotatable bonds is 6. The van der Waals surface area contributed by atoms with Crippen LogP contribution in [0.5, 0.6) is 11.5 Å². The maximum atomic E-state index is 12.1. The molecule has 0 aliphatic carbocycles. The number of nitrogens with zero attached hydrogens (tertiary/aromatic N) is 4. The molecule has 10 heteroatoms. The van der Waals surface area contributed by atoms with Crippen molar-refractivity contribution in [1.29, 1.82) is 0 Å². The SMILES string of the molecule is Cn1c(SCC(=O)N/N=C\c2ccc3c(c2)OCO3)nnc1-c1ccc(Cl)cc1. The van der Waals surface area contributed by atoms with E-state index < -0.39 is 0 Å². The van der Waals surface area contributed by atoms with E-state index in [0.29, 0.717) is 27.5 Å². The number of hydrogen-bond acceptors (Lipinski definition) is 7. The zero-order valence-corrected chi connectivity index (χ0v) is 16.9. The van der Waals surface area contributed by atoms with Gasteiger partial charge in [0.25, 0.3) is 5.91 Å². The molecule has 1 N–H and O–H groups in total. The van der Waals surface area contributed by atoms with Crippen molar-refractivity contribution in [2.75, 3.05) is 12.5 Å². The first-order valence-electron chi connectivity index (χ1n) is 8.60. The Balaban J connectivity index is 1.31. The highest BCUT2D eigenvalue weighted by Gasteiger charge is 2.14. The number of carbonyl (C=O) groups excluding carboxylic acids is 1. The highest BCUT2D eigenvalue weighted by Crippen LogP contribution is 2.32. The summed E-state index contributed by atoms with van der Waals surface area (Å²) in [5.41, 5.74) is 4.19. The molecular formula is C19H16ClN5O3S. The van der Waals surface area contributed by atoms with Gasteiger partial charge in [-0.1, -0.05) is 23.4 Å². The standard InChI is InChI=1S/C19H16ClN5O3S/c1-25-18(13-3-5-14(20)6-4-13)23-24-19(25)29-10-17(26)22-21-9-12-2-7-15-16(8-12)28-11-27-15/h2-9H,10-11H2,1H3,(H,22,26)/b21-9-. The van der Waals surface area contributed by atoms with Crippen molar-refractivity contribution in [1.82, 2.24) is 20.2 Å². The second kappa shape index (κ2) is 8.54. The van der Waals surface area contributed by atoms with E-state index in [1.54, 1.807) is 30.5 Å². The first-order chi connectivity index (χ1) is 14.1. The average Bonchev–Trinajstić information content (AvgIpc) is 3.33. The Labute approximate surface area is 175 Å². The van der Waals surface area contributed by atoms with Crippen LogP contribution in [-0.2, 0) is 11.8 Å². The first-order valence-corrected chi connectivity index (χ1v) is 9.96. The molecular weight excluding hydrogens is 414 g/mol. The summed E-state index contributed by atoms with van der Waals surface area (Å²) in [6.07, 6.45) is 1.55. The van der Waals surface area contributed by atoms with Gasteiger partial charge in [0.05, 0.1) is 12.0 Å². The van der Waals surface area contributed by atoms with Crippen LogP contribution in [0.4, 0.5) is 0 Å². The molecule has 4 rings (SSSR count). The lowest BCUT2D eigenvalue weighted by atomic mass is 10.2. The van der Waals surface area contributed by atoms with Gasteiger partial charge in [-0.15, -0.1) is 10.2 Å². The minimum Gasteiger partial charge on any atom is -0.454 e. The van der Waals surface area contributed by atoms with Gasteiger partial charge in [-0.3, -0.25) is 4.79 Å². The highest BCUT2D eigenvalue weighted by atomic mass is 35.5. The summed E-state index contributed by atoms with van der Waals surface area (Å²) in [6, 6.07) is 12.8. The van der Waals surface area contributed by atoms with Gasteiger partial charge in [0.1, 0.15) is 0 Å². The number of hydrazone groups is 1. The summed E-state index contributed by atoms with van der Waals surface area (Å²) in [5.74, 6) is 1.97. The van der Waals surface area contributed by atoms with E-state index in [4.69, 9.17) is 21.1 Å². The van der Waals surface area contributed by atoms with E-state index in [9.17, 15) is 4.79 Å². The molecule has 1 aromatic heterocycles. The number of amides is 1. The number of aromatic nitrogens is 3. The molecule has 2 heterocycles. The summed E-state index contributed by atoms with van der Waals surface area (Å²) in [4.78, 5) is 12.1. The van der Waals surface area contributed by atoms with Crippen LogP contribution in [-0.4, -0.2) is 39.4 Å². The molecule has 0 atom stereocenters. The monoisotopic (exact) mass is 429 g/mol. The predicted octanol–water partition coefficient (Wildman–Crippen LogP) is 3.11. The summed E-state index contributed by atoms with van der Waals surface area (Å²) in [5, 5.41) is 13.6. The molecule has 148 valence electrons. The summed E-state index contributed by atoms with van der Waals surface area (Å²) in [7, 11) is 1.85. The van der Waals surface area contributed by atoms with Gasteiger partial charge >= 0.3 is 0 Å². The van der Waals surface area contributed by atoms with Crippen LogP contribution in [0.2, 0.25) is 5.02 Å². The molecule has 0 bridgehead atoms. The zero-order chi connectivity index (χ0) is 20.2. The number of fused-ring (bicyclic) bond motifs is 1. The summed E-state index contributed by atoms with van der Waals surface area (Å²) in [6.45, 7) is 0.214. The first kappa shape index (κ1) is 19.3. The highest BCUT2D eigenvalue weighted by molar-refractivity contribution is 7.99. The Morgan fingerprint density at radius 2 is 2.03 bits per heavy atom. The molecule has 2 aromatic carbocycles. The Hall–Kier alpha value is -3.04. The quantitative estimate of drug-likeness (QED) is 0.368. The molecule has 1 aliphatic rings. The number of hydrogen-bond donors (Lipinski definition) is 1. The van der Waals surface area contributed by atoms with E-state index in [0.717, 1.165) is 11.1 Å². The van der Waals surface area contributed by atoms with Crippen molar-refractivity contribution >= 4 is 35.5 Å². The van der Waals surface area contributed by atoms with Crippen molar-refractivity contribution in [3.8, 4) is 22.9 Å². The fourth-order valence-electron chi connectivity index (χ4n) is 2.63. The third-order valence-electron chi connectivity index (χ3n) is 4.07. The topological polar surface area (TPSA) is 90.6 Å². The van der Waals surface area contributed by atoms with Crippen LogP contribution in [0.15, 0.2) is 52.7 Å². The molecule has 0 saturated carbocycles. The average molecular weight is 430 g/mol. The number of halogens is 1. The number of ether oxygens (including phenoxy) is 2. The van der Waals surface area contributed by atoms with E-state index in [2.05, 4.69) is 20.7 Å². The normalized spacial score (nSPS) is 12.5. The second-order valence-corrected chi connectivity index (χ2v) is 7.45. The molecule has 0 fully saturated rings. The van der Waals surface area contributed by atoms with E-state index in [1.807, 2.05) is 29.8 Å². The van der Waals surface area contributed by atoms with Gasteiger partial charge in [-0.25, -0.2) is 5.43 Å². The smallest absolute Gasteiger partial charge is 0.250 e. The minimum atomic E-state index is -0.247. The van der Waals surface area contributed by atoms with Gasteiger partial charge in [0.2, 0.25) is 6.79 Å². The second-order valence-electron chi connectivity index (χ2n) is 6.07. The van der Waals surface area contributed by atoms with Crippen molar-refractivity contribution in [3.63, 3.8) is 0 Å². The van der Waals surface area contributed by atoms with E-state index >= 15 is 0 Å². The number of benzene rings is 2. The Bertz CT molecular complexity index is 1070. The number of nitrogens with one attached hydrogen (secondary N) is 1. The van der Waals surface area contributed by atoms with Crippen LogP contribution in [0.25, 0.3) is 11.4 Å². The Morgan fingerprint density at radius 1 is 1.24 bits per heavy atom. The van der Waals surface area contributed by atoms with Gasteiger partial charge in [-0.2, -0.15) is 5.10 Å². The van der Waals surface area contributed by atoms with E-state index in [-0.39, 0.29) is 18.5 Å².